The van der Waals surface area contributed by atoms with Crippen molar-refractivity contribution < 1.29 is 14.3 Å². The van der Waals surface area contributed by atoms with Gasteiger partial charge in [-0.1, -0.05) is 44.2 Å². The van der Waals surface area contributed by atoms with Crippen molar-refractivity contribution in [3.05, 3.63) is 35.9 Å². The van der Waals surface area contributed by atoms with Gasteiger partial charge in [-0.25, -0.2) is 4.79 Å². The van der Waals surface area contributed by atoms with Gasteiger partial charge in [-0.05, 0) is 24.3 Å². The van der Waals surface area contributed by atoms with Crippen LogP contribution in [0.15, 0.2) is 30.3 Å². The van der Waals surface area contributed by atoms with E-state index in [1.165, 1.54) is 0 Å². The van der Waals surface area contributed by atoms with Crippen molar-refractivity contribution in [1.82, 2.24) is 15.5 Å². The molecule has 0 spiro atoms. The van der Waals surface area contributed by atoms with Gasteiger partial charge in [0.15, 0.2) is 0 Å². The summed E-state index contributed by atoms with van der Waals surface area (Å²) in [6.07, 6.45) is 2.79. The summed E-state index contributed by atoms with van der Waals surface area (Å²) in [5.74, 6) is -0.136. The molecule has 2 saturated heterocycles. The van der Waals surface area contributed by atoms with E-state index < -0.39 is 6.04 Å². The number of carbonyl (C=O) groups excluding carboxylic acids is 2. The number of rotatable bonds is 4. The predicted octanol–water partition coefficient (Wildman–Crippen LogP) is 2.46. The number of urea groups is 1. The highest BCUT2D eigenvalue weighted by molar-refractivity contribution is 5.87. The van der Waals surface area contributed by atoms with E-state index in [9.17, 15) is 9.59 Å². The Hall–Kier alpha value is -2.08. The van der Waals surface area contributed by atoms with Crippen LogP contribution < -0.4 is 10.6 Å². The van der Waals surface area contributed by atoms with Crippen LogP contribution in [0, 0.1) is 5.92 Å². The molecule has 2 N–H and O–H groups in total. The topological polar surface area (TPSA) is 70.7 Å². The number of likely N-dealkylation sites (N-methyl/N-ethyl adjacent to an activating group) is 1. The van der Waals surface area contributed by atoms with Gasteiger partial charge in [0.25, 0.3) is 0 Å². The first kappa shape index (κ1) is 18.7. The summed E-state index contributed by atoms with van der Waals surface area (Å²) in [5.41, 5.74) is 1.16. The molecule has 0 saturated carbocycles. The van der Waals surface area contributed by atoms with E-state index >= 15 is 0 Å². The number of ether oxygens (including phenoxy) is 1. The van der Waals surface area contributed by atoms with Gasteiger partial charge in [0.05, 0.1) is 18.2 Å². The minimum atomic E-state index is -0.528. The first-order chi connectivity index (χ1) is 12.5. The lowest BCUT2D eigenvalue weighted by Crippen LogP contribution is -2.57. The molecular weight excluding hydrogens is 330 g/mol. The monoisotopic (exact) mass is 359 g/mol. The standard InChI is InChI=1S/C20H29N3O3/c1-13(2)18(19(24)21-3)22-20(25)23-11-7-10-16-15(23)12-17(26-16)14-8-5-4-6-9-14/h4-6,8-9,13,15-18H,7,10-12H2,1-3H3,(H,21,24)(H,22,25)/t15-,16-,17-,18-/m0/s1. The molecule has 2 aliphatic rings. The Morgan fingerprint density at radius 3 is 2.62 bits per heavy atom. The van der Waals surface area contributed by atoms with Gasteiger partial charge >= 0.3 is 6.03 Å². The van der Waals surface area contributed by atoms with Crippen LogP contribution in [0.1, 0.15) is 44.8 Å². The summed E-state index contributed by atoms with van der Waals surface area (Å²) in [7, 11) is 1.59. The Labute approximate surface area is 155 Å². The third kappa shape index (κ3) is 3.85. The number of carbonyl (C=O) groups is 2. The van der Waals surface area contributed by atoms with Crippen LogP contribution in [0.4, 0.5) is 4.79 Å². The maximum Gasteiger partial charge on any atom is 0.318 e. The SMILES string of the molecule is CNC(=O)[C@@H](NC(=O)N1CCC[C@@H]2O[C@H](c3ccccc3)C[C@@H]21)C(C)C. The van der Waals surface area contributed by atoms with E-state index in [0.717, 1.165) is 24.8 Å². The largest absolute Gasteiger partial charge is 0.368 e. The molecule has 142 valence electrons. The minimum Gasteiger partial charge on any atom is -0.368 e. The zero-order valence-electron chi connectivity index (χ0n) is 15.8. The lowest BCUT2D eigenvalue weighted by molar-refractivity contribution is -0.123. The fourth-order valence-corrected chi connectivity index (χ4v) is 3.99. The molecule has 2 heterocycles. The second kappa shape index (κ2) is 8.08. The van der Waals surface area contributed by atoms with E-state index in [1.54, 1.807) is 7.05 Å². The van der Waals surface area contributed by atoms with Crippen molar-refractivity contribution in [2.24, 2.45) is 5.92 Å². The van der Waals surface area contributed by atoms with Crippen LogP contribution in [0.25, 0.3) is 0 Å². The molecule has 6 heteroatoms. The Kier molecular flexibility index (Phi) is 5.81. The summed E-state index contributed by atoms with van der Waals surface area (Å²) in [4.78, 5) is 26.8. The van der Waals surface area contributed by atoms with E-state index in [0.29, 0.717) is 6.54 Å². The number of benzene rings is 1. The zero-order chi connectivity index (χ0) is 18.7. The second-order valence-electron chi connectivity index (χ2n) is 7.50. The van der Waals surface area contributed by atoms with Crippen LogP contribution in [0.3, 0.4) is 0 Å². The van der Waals surface area contributed by atoms with E-state index in [1.807, 2.05) is 36.9 Å². The lowest BCUT2D eigenvalue weighted by Gasteiger charge is -2.37. The van der Waals surface area contributed by atoms with Gasteiger partial charge < -0.3 is 20.3 Å². The van der Waals surface area contributed by atoms with Crippen LogP contribution in [0.2, 0.25) is 0 Å². The van der Waals surface area contributed by atoms with Crippen molar-refractivity contribution in [1.29, 1.82) is 0 Å². The molecule has 6 nitrogen and oxygen atoms in total. The van der Waals surface area contributed by atoms with Gasteiger partial charge in [0.1, 0.15) is 6.04 Å². The normalized spacial score (nSPS) is 26.3. The molecule has 4 atom stereocenters. The highest BCUT2D eigenvalue weighted by Gasteiger charge is 2.43. The first-order valence-corrected chi connectivity index (χ1v) is 9.50. The maximum absolute atomic E-state index is 12.9. The Morgan fingerprint density at radius 1 is 1.23 bits per heavy atom. The van der Waals surface area contributed by atoms with Crippen LogP contribution in [-0.4, -0.2) is 48.6 Å². The molecule has 3 rings (SSSR count). The number of fused-ring (bicyclic) bond motifs is 1. The molecule has 0 radical (unpaired) electrons. The molecule has 1 aromatic rings. The van der Waals surface area contributed by atoms with Crippen LogP contribution >= 0.6 is 0 Å². The molecule has 26 heavy (non-hydrogen) atoms. The first-order valence-electron chi connectivity index (χ1n) is 9.50. The molecule has 1 aromatic carbocycles. The van der Waals surface area contributed by atoms with Crippen molar-refractivity contribution in [2.75, 3.05) is 13.6 Å². The highest BCUT2D eigenvalue weighted by atomic mass is 16.5. The molecule has 3 amide bonds. The van der Waals surface area contributed by atoms with Crippen molar-refractivity contribution in [3.8, 4) is 0 Å². The number of amides is 3. The summed E-state index contributed by atoms with van der Waals surface area (Å²) < 4.78 is 6.25. The summed E-state index contributed by atoms with van der Waals surface area (Å²) in [5, 5.41) is 5.56. The van der Waals surface area contributed by atoms with Crippen molar-refractivity contribution in [3.63, 3.8) is 0 Å². The summed E-state index contributed by atoms with van der Waals surface area (Å²) in [6.45, 7) is 4.57. The highest BCUT2D eigenvalue weighted by Crippen LogP contribution is 2.39. The van der Waals surface area contributed by atoms with Crippen LogP contribution in [0.5, 0.6) is 0 Å². The molecule has 2 fully saturated rings. The van der Waals surface area contributed by atoms with E-state index in [4.69, 9.17) is 4.74 Å². The molecule has 0 aromatic heterocycles. The summed E-state index contributed by atoms with van der Waals surface area (Å²) in [6, 6.07) is 9.55. The van der Waals surface area contributed by atoms with Gasteiger partial charge in [-0.3, -0.25) is 4.79 Å². The fourth-order valence-electron chi connectivity index (χ4n) is 3.99. The molecule has 0 aliphatic carbocycles. The van der Waals surface area contributed by atoms with Gasteiger partial charge in [-0.2, -0.15) is 0 Å². The number of nitrogens with one attached hydrogen (secondary N) is 2. The number of likely N-dealkylation sites (tertiary alicyclic amines) is 1. The smallest absolute Gasteiger partial charge is 0.318 e. The van der Waals surface area contributed by atoms with Crippen molar-refractivity contribution in [2.45, 2.75) is 57.4 Å². The fraction of sp³-hybridized carbons (Fsp3) is 0.600. The maximum atomic E-state index is 12.9. The van der Waals surface area contributed by atoms with Gasteiger partial charge in [0.2, 0.25) is 5.91 Å². The summed E-state index contributed by atoms with van der Waals surface area (Å²) >= 11 is 0. The van der Waals surface area contributed by atoms with Crippen LogP contribution in [-0.2, 0) is 9.53 Å². The minimum absolute atomic E-state index is 0.0244. The molecule has 0 bridgehead atoms. The average Bonchev–Trinajstić information content (AvgIpc) is 3.10. The number of nitrogens with zero attached hydrogens (tertiary/aromatic N) is 1. The Bertz CT molecular complexity index is 634. The second-order valence-corrected chi connectivity index (χ2v) is 7.50. The molecule has 0 unspecified atom stereocenters. The average molecular weight is 359 g/mol. The number of piperidine rings is 1. The van der Waals surface area contributed by atoms with Crippen molar-refractivity contribution >= 4 is 11.9 Å². The molecular formula is C20H29N3O3. The van der Waals surface area contributed by atoms with E-state index in [-0.39, 0.29) is 36.1 Å². The Balaban J connectivity index is 1.70. The zero-order valence-corrected chi connectivity index (χ0v) is 15.8. The quantitative estimate of drug-likeness (QED) is 0.868. The van der Waals surface area contributed by atoms with Gasteiger partial charge in [0, 0.05) is 20.0 Å². The third-order valence-corrected chi connectivity index (χ3v) is 5.42. The van der Waals surface area contributed by atoms with Gasteiger partial charge in [-0.15, -0.1) is 0 Å². The lowest BCUT2D eigenvalue weighted by atomic mass is 9.96. The Morgan fingerprint density at radius 2 is 1.96 bits per heavy atom. The number of hydrogen-bond acceptors (Lipinski definition) is 3. The predicted molar refractivity (Wildman–Crippen MR) is 99.6 cm³/mol. The number of hydrogen-bond donors (Lipinski definition) is 2. The molecule has 2 aliphatic heterocycles. The van der Waals surface area contributed by atoms with E-state index in [2.05, 4.69) is 22.8 Å². The third-order valence-electron chi connectivity index (χ3n) is 5.42.